The predicted octanol–water partition coefficient (Wildman–Crippen LogP) is 2.98. The van der Waals surface area contributed by atoms with Crippen LogP contribution in [0.5, 0.6) is 5.75 Å². The van der Waals surface area contributed by atoms with E-state index in [0.717, 1.165) is 4.31 Å². The normalized spacial score (nSPS) is 11.3. The van der Waals surface area contributed by atoms with Crippen molar-refractivity contribution in [3.8, 4) is 5.75 Å². The number of nitrogens with zero attached hydrogens (tertiary/aromatic N) is 2. The Labute approximate surface area is 245 Å². The van der Waals surface area contributed by atoms with E-state index in [1.165, 1.54) is 39.2 Å². The van der Waals surface area contributed by atoms with Crippen LogP contribution < -0.4 is 15.1 Å². The predicted molar refractivity (Wildman–Crippen MR) is 135 cm³/mol. The summed E-state index contributed by atoms with van der Waals surface area (Å²) in [7, 11) is 2.26. The van der Waals surface area contributed by atoms with Crippen LogP contribution in [0, 0.1) is 6.92 Å². The van der Waals surface area contributed by atoms with E-state index in [1.54, 1.807) is 37.3 Å². The number of halogens is 1. The molecule has 0 bridgehead atoms. The van der Waals surface area contributed by atoms with E-state index in [4.69, 9.17) is 20.8 Å². The topological polar surface area (TPSA) is 109 Å². The van der Waals surface area contributed by atoms with Crippen molar-refractivity contribution in [3.63, 3.8) is 0 Å². The summed E-state index contributed by atoms with van der Waals surface area (Å²) in [6.07, 6.45) is -0.395. The van der Waals surface area contributed by atoms with E-state index in [0.29, 0.717) is 27.8 Å². The molecule has 0 aliphatic rings. The van der Waals surface area contributed by atoms with Crippen LogP contribution in [0.25, 0.3) is 11.0 Å². The standard InChI is InChI=1S/C22H24ClN3O6S.K.H/c1-13-16-11-18(23)20(32-22(28)25(2)3)12-19(16)31-21(27)17(13)10-14-7-6-8-15(9-14)24-33(29,30)26(4)5;;/h6-9,11-12,24H,10H2,1-5H3;;. The Morgan fingerprint density at radius 3 is 2.44 bits per heavy atom. The number of anilines is 1. The van der Waals surface area contributed by atoms with Gasteiger partial charge in [-0.15, -0.1) is 0 Å². The van der Waals surface area contributed by atoms with Gasteiger partial charge in [0.25, 0.3) is 0 Å². The van der Waals surface area contributed by atoms with E-state index < -0.39 is 21.9 Å². The Hall–Kier alpha value is -1.44. The quantitative estimate of drug-likeness (QED) is 0.385. The van der Waals surface area contributed by atoms with Crippen molar-refractivity contribution in [2.24, 2.45) is 0 Å². The Morgan fingerprint density at radius 1 is 1.15 bits per heavy atom. The molecular formula is C22H25ClKN3O6S. The molecule has 0 unspecified atom stereocenters. The van der Waals surface area contributed by atoms with Gasteiger partial charge in [0.05, 0.1) is 10.7 Å². The Bertz CT molecular complexity index is 1390. The van der Waals surface area contributed by atoms with Gasteiger partial charge in [0, 0.05) is 51.6 Å². The molecule has 2 aromatic carbocycles. The van der Waals surface area contributed by atoms with Gasteiger partial charge < -0.3 is 14.1 Å². The molecule has 0 aliphatic heterocycles. The minimum atomic E-state index is -3.66. The zero-order valence-electron chi connectivity index (χ0n) is 18.8. The molecule has 1 aromatic heterocycles. The molecule has 0 fully saturated rings. The van der Waals surface area contributed by atoms with Crippen LogP contribution in [-0.4, -0.2) is 103 Å². The first-order valence-corrected chi connectivity index (χ1v) is 11.6. The van der Waals surface area contributed by atoms with Gasteiger partial charge in [-0.1, -0.05) is 23.7 Å². The van der Waals surface area contributed by atoms with Crippen LogP contribution >= 0.6 is 11.6 Å². The monoisotopic (exact) mass is 533 g/mol. The van der Waals surface area contributed by atoms with Crippen molar-refractivity contribution in [1.82, 2.24) is 9.21 Å². The molecule has 0 atom stereocenters. The third-order valence-corrected chi connectivity index (χ3v) is 6.69. The first-order valence-electron chi connectivity index (χ1n) is 9.83. The summed E-state index contributed by atoms with van der Waals surface area (Å²) in [5.74, 6) is 0.0824. The molecule has 34 heavy (non-hydrogen) atoms. The number of benzene rings is 2. The van der Waals surface area contributed by atoms with E-state index in [-0.39, 0.29) is 74.2 Å². The summed E-state index contributed by atoms with van der Waals surface area (Å²) in [6.45, 7) is 1.77. The summed E-state index contributed by atoms with van der Waals surface area (Å²) in [5, 5.41) is 0.796. The first-order chi connectivity index (χ1) is 15.4. The van der Waals surface area contributed by atoms with Gasteiger partial charge in [-0.3, -0.25) is 4.72 Å². The average molecular weight is 534 g/mol. The van der Waals surface area contributed by atoms with Crippen LogP contribution in [0.2, 0.25) is 5.02 Å². The van der Waals surface area contributed by atoms with Crippen LogP contribution in [0.1, 0.15) is 16.7 Å². The first kappa shape index (κ1) is 28.8. The second-order valence-corrected chi connectivity index (χ2v) is 10.1. The fourth-order valence-electron chi connectivity index (χ4n) is 3.05. The maximum atomic E-state index is 12.8. The molecule has 12 heteroatoms. The van der Waals surface area contributed by atoms with Crippen LogP contribution in [0.3, 0.4) is 0 Å². The van der Waals surface area contributed by atoms with E-state index in [2.05, 4.69) is 4.72 Å². The van der Waals surface area contributed by atoms with Gasteiger partial charge in [-0.25, -0.2) is 9.59 Å². The number of carbonyl (C=O) groups is 1. The van der Waals surface area contributed by atoms with Gasteiger partial charge in [0.2, 0.25) is 0 Å². The zero-order chi connectivity index (χ0) is 24.5. The third-order valence-electron chi connectivity index (χ3n) is 4.94. The van der Waals surface area contributed by atoms with Gasteiger partial charge in [0.15, 0.2) is 5.75 Å². The maximum absolute atomic E-state index is 12.8. The molecule has 3 aromatic rings. The van der Waals surface area contributed by atoms with E-state index in [1.807, 2.05) is 0 Å². The SMILES string of the molecule is Cc1c(Cc2cccc(NS(=O)(=O)N(C)C)c2)c(=O)oc2cc(OC(=O)N(C)C)c(Cl)cc12.[KH]. The fraction of sp³-hybridized carbons (Fsp3) is 0.273. The Balaban J connectivity index is 0.00000408. The van der Waals surface area contributed by atoms with Gasteiger partial charge in [0.1, 0.15) is 5.58 Å². The number of carbonyl (C=O) groups excluding carboxylic acids is 1. The molecule has 0 saturated heterocycles. The molecule has 1 N–H and O–H groups in total. The number of fused-ring (bicyclic) bond motifs is 1. The third kappa shape index (κ3) is 6.61. The van der Waals surface area contributed by atoms with Gasteiger partial charge in [-0.2, -0.15) is 12.7 Å². The summed E-state index contributed by atoms with van der Waals surface area (Å²) >= 11 is 6.30. The van der Waals surface area contributed by atoms with Crippen molar-refractivity contribution in [2.45, 2.75) is 13.3 Å². The van der Waals surface area contributed by atoms with Gasteiger partial charge >= 0.3 is 73.3 Å². The second kappa shape index (κ2) is 11.5. The molecule has 1 heterocycles. The molecule has 9 nitrogen and oxygen atoms in total. The minimum absolute atomic E-state index is 0. The van der Waals surface area contributed by atoms with Gasteiger partial charge in [-0.05, 0) is 36.2 Å². The van der Waals surface area contributed by atoms with E-state index in [9.17, 15) is 18.0 Å². The summed E-state index contributed by atoms with van der Waals surface area (Å²) in [4.78, 5) is 25.9. The number of rotatable bonds is 6. The molecule has 0 aliphatic carbocycles. The zero-order valence-corrected chi connectivity index (χ0v) is 20.4. The number of aryl methyl sites for hydroxylation is 1. The number of nitrogens with one attached hydrogen (secondary N) is 1. The van der Waals surface area contributed by atoms with Crippen molar-refractivity contribution >= 4 is 95.9 Å². The molecule has 0 saturated carbocycles. The van der Waals surface area contributed by atoms with Crippen molar-refractivity contribution in [2.75, 3.05) is 32.9 Å². The molecule has 178 valence electrons. The summed E-state index contributed by atoms with van der Waals surface area (Å²) in [6, 6.07) is 9.75. The van der Waals surface area contributed by atoms with E-state index >= 15 is 0 Å². The Morgan fingerprint density at radius 2 is 1.82 bits per heavy atom. The number of ether oxygens (including phenoxy) is 1. The summed E-state index contributed by atoms with van der Waals surface area (Å²) in [5.41, 5.74) is 1.84. The van der Waals surface area contributed by atoms with Crippen molar-refractivity contribution in [1.29, 1.82) is 0 Å². The molecule has 0 radical (unpaired) electrons. The van der Waals surface area contributed by atoms with Crippen LogP contribution in [0.4, 0.5) is 10.5 Å². The molecule has 0 spiro atoms. The average Bonchev–Trinajstić information content (AvgIpc) is 2.72. The fourth-order valence-corrected chi connectivity index (χ4v) is 3.86. The summed E-state index contributed by atoms with van der Waals surface area (Å²) < 4.78 is 38.4. The molecular weight excluding hydrogens is 509 g/mol. The van der Waals surface area contributed by atoms with Crippen LogP contribution in [0.15, 0.2) is 45.6 Å². The number of hydrogen-bond acceptors (Lipinski definition) is 6. The molecule has 3 rings (SSSR count). The number of amides is 1. The number of hydrogen-bond donors (Lipinski definition) is 1. The van der Waals surface area contributed by atoms with Crippen molar-refractivity contribution < 1.29 is 22.4 Å². The van der Waals surface area contributed by atoms with Crippen LogP contribution in [-0.2, 0) is 16.6 Å². The van der Waals surface area contributed by atoms with Crippen molar-refractivity contribution in [3.05, 3.63) is 68.5 Å². The molecule has 1 amide bonds. The second-order valence-electron chi connectivity index (χ2n) is 7.80. The Kier molecular flexibility index (Phi) is 9.76.